The molecule has 0 unspecified atom stereocenters. The summed E-state index contributed by atoms with van der Waals surface area (Å²) in [6.45, 7) is 0. The fourth-order valence-corrected chi connectivity index (χ4v) is 4.17. The van der Waals surface area contributed by atoms with Crippen LogP contribution >= 0.6 is 0 Å². The van der Waals surface area contributed by atoms with Gasteiger partial charge in [0.05, 0.1) is 22.3 Å². The molecule has 0 saturated heterocycles. The highest BCUT2D eigenvalue weighted by Crippen LogP contribution is 2.32. The summed E-state index contributed by atoms with van der Waals surface area (Å²) in [6, 6.07) is 2.71. The first-order chi connectivity index (χ1) is 16.5. The second-order valence-electron chi connectivity index (χ2n) is 9.74. The molecule has 0 bridgehead atoms. The lowest BCUT2D eigenvalue weighted by atomic mass is 9.92. The SMILES string of the molecule is O=C(OC1CCC1)c1ccc(C(=O)OC2CCC2)c(C(=O)OC2CCC2)c1C(=O)OC1CCC1. The molecule has 182 valence electrons. The molecule has 0 atom stereocenters. The minimum absolute atomic E-state index is 0.0861. The maximum absolute atomic E-state index is 13.3. The van der Waals surface area contributed by atoms with Crippen molar-refractivity contribution in [3.8, 4) is 0 Å². The van der Waals surface area contributed by atoms with Crippen LogP contribution in [0.15, 0.2) is 12.1 Å². The molecule has 0 N–H and O–H groups in total. The number of esters is 4. The zero-order valence-electron chi connectivity index (χ0n) is 19.2. The third kappa shape index (κ3) is 4.68. The highest BCUT2D eigenvalue weighted by atomic mass is 16.6. The Morgan fingerprint density at radius 2 is 0.735 bits per heavy atom. The van der Waals surface area contributed by atoms with E-state index in [1.807, 2.05) is 0 Å². The lowest BCUT2D eigenvalue weighted by molar-refractivity contribution is 0.00109. The molecular formula is C26H30O8. The second kappa shape index (κ2) is 9.76. The zero-order chi connectivity index (χ0) is 23.7. The van der Waals surface area contributed by atoms with Crippen LogP contribution in [0.5, 0.6) is 0 Å². The van der Waals surface area contributed by atoms with E-state index in [4.69, 9.17) is 18.9 Å². The first kappa shape index (κ1) is 22.9. The molecule has 1 aromatic carbocycles. The number of carbonyl (C=O) groups is 4. The molecule has 4 saturated carbocycles. The minimum atomic E-state index is -0.816. The standard InChI is InChI=1S/C26H30O8/c27-23(31-15-5-1-6-15)19-13-14-20(24(28)32-16-7-2-8-16)22(26(30)34-18-11-4-12-18)21(19)25(29)33-17-9-3-10-17/h13-18H,1-12H2. The van der Waals surface area contributed by atoms with Gasteiger partial charge >= 0.3 is 23.9 Å². The molecular weight excluding hydrogens is 440 g/mol. The molecule has 4 aliphatic carbocycles. The van der Waals surface area contributed by atoms with Gasteiger partial charge in [-0.3, -0.25) is 0 Å². The first-order valence-electron chi connectivity index (χ1n) is 12.5. The molecule has 0 aromatic heterocycles. The summed E-state index contributed by atoms with van der Waals surface area (Å²) in [4.78, 5) is 52.7. The van der Waals surface area contributed by atoms with Gasteiger partial charge in [0.15, 0.2) is 0 Å². The molecule has 1 aromatic rings. The summed E-state index contributed by atoms with van der Waals surface area (Å²) in [6.07, 6.45) is 8.78. The number of hydrogen-bond donors (Lipinski definition) is 0. The maximum Gasteiger partial charge on any atom is 0.340 e. The van der Waals surface area contributed by atoms with Gasteiger partial charge in [0.1, 0.15) is 24.4 Å². The van der Waals surface area contributed by atoms with Gasteiger partial charge in [0, 0.05) is 0 Å². The topological polar surface area (TPSA) is 105 Å². The van der Waals surface area contributed by atoms with E-state index in [1.165, 1.54) is 12.1 Å². The fraction of sp³-hybridized carbons (Fsp3) is 0.615. The second-order valence-corrected chi connectivity index (χ2v) is 9.74. The van der Waals surface area contributed by atoms with E-state index >= 15 is 0 Å². The number of ether oxygens (including phenoxy) is 4. The van der Waals surface area contributed by atoms with Crippen molar-refractivity contribution < 1.29 is 38.1 Å². The van der Waals surface area contributed by atoms with Crippen molar-refractivity contribution in [2.24, 2.45) is 0 Å². The Bertz CT molecular complexity index is 904. The zero-order valence-corrected chi connectivity index (χ0v) is 19.2. The average Bonchev–Trinajstić information content (AvgIpc) is 2.71. The molecule has 5 rings (SSSR count). The molecule has 8 heteroatoms. The van der Waals surface area contributed by atoms with Crippen molar-refractivity contribution in [2.75, 3.05) is 0 Å². The van der Waals surface area contributed by atoms with Gasteiger partial charge < -0.3 is 18.9 Å². The normalized spacial score (nSPS) is 20.7. The van der Waals surface area contributed by atoms with E-state index in [9.17, 15) is 19.2 Å². The van der Waals surface area contributed by atoms with Crippen LogP contribution in [0.2, 0.25) is 0 Å². The van der Waals surface area contributed by atoms with E-state index in [1.54, 1.807) is 0 Å². The molecule has 8 nitrogen and oxygen atoms in total. The van der Waals surface area contributed by atoms with Crippen LogP contribution in [0.4, 0.5) is 0 Å². The lowest BCUT2D eigenvalue weighted by Crippen LogP contribution is -2.33. The van der Waals surface area contributed by atoms with Gasteiger partial charge in [-0.2, -0.15) is 0 Å². The van der Waals surface area contributed by atoms with Crippen molar-refractivity contribution in [1.82, 2.24) is 0 Å². The van der Waals surface area contributed by atoms with Crippen molar-refractivity contribution in [3.05, 3.63) is 34.4 Å². The fourth-order valence-electron chi connectivity index (χ4n) is 4.17. The summed E-state index contributed by atoms with van der Waals surface area (Å²) >= 11 is 0. The number of hydrogen-bond acceptors (Lipinski definition) is 8. The Balaban J connectivity index is 1.53. The van der Waals surface area contributed by atoms with E-state index < -0.39 is 23.9 Å². The highest BCUT2D eigenvalue weighted by Gasteiger charge is 2.37. The Labute approximate surface area is 198 Å². The van der Waals surface area contributed by atoms with Crippen molar-refractivity contribution in [1.29, 1.82) is 0 Å². The summed E-state index contributed by atoms with van der Waals surface area (Å²) in [5.41, 5.74) is -0.693. The van der Waals surface area contributed by atoms with Crippen molar-refractivity contribution >= 4 is 23.9 Å². The van der Waals surface area contributed by atoms with E-state index in [2.05, 4.69) is 0 Å². The quantitative estimate of drug-likeness (QED) is 0.403. The van der Waals surface area contributed by atoms with Crippen LogP contribution in [0.3, 0.4) is 0 Å². The Morgan fingerprint density at radius 1 is 0.471 bits per heavy atom. The van der Waals surface area contributed by atoms with Gasteiger partial charge in [0.25, 0.3) is 0 Å². The monoisotopic (exact) mass is 470 g/mol. The largest absolute Gasteiger partial charge is 0.459 e. The van der Waals surface area contributed by atoms with Crippen LogP contribution in [-0.4, -0.2) is 48.3 Å². The van der Waals surface area contributed by atoms with Gasteiger partial charge in [0.2, 0.25) is 0 Å². The molecule has 0 spiro atoms. The predicted molar refractivity (Wildman–Crippen MR) is 119 cm³/mol. The molecule has 0 heterocycles. The van der Waals surface area contributed by atoms with Crippen LogP contribution in [0.1, 0.15) is 118 Å². The summed E-state index contributed by atoms with van der Waals surface area (Å²) < 4.78 is 22.2. The summed E-state index contributed by atoms with van der Waals surface area (Å²) in [5, 5.41) is 0. The van der Waals surface area contributed by atoms with Crippen molar-refractivity contribution in [3.63, 3.8) is 0 Å². The third-order valence-corrected chi connectivity index (χ3v) is 7.36. The summed E-state index contributed by atoms with van der Waals surface area (Å²) in [7, 11) is 0. The third-order valence-electron chi connectivity index (χ3n) is 7.36. The number of benzene rings is 1. The van der Waals surface area contributed by atoms with Gasteiger partial charge in [-0.1, -0.05) is 0 Å². The molecule has 34 heavy (non-hydrogen) atoms. The molecule has 0 radical (unpaired) electrons. The van der Waals surface area contributed by atoms with Crippen molar-refractivity contribution in [2.45, 2.75) is 101 Å². The lowest BCUT2D eigenvalue weighted by Gasteiger charge is -2.29. The van der Waals surface area contributed by atoms with E-state index in [0.29, 0.717) is 0 Å². The Hall–Kier alpha value is -2.90. The van der Waals surface area contributed by atoms with Gasteiger partial charge in [-0.25, -0.2) is 19.2 Å². The van der Waals surface area contributed by atoms with Crippen LogP contribution in [0, 0.1) is 0 Å². The molecule has 4 fully saturated rings. The Morgan fingerprint density at radius 3 is 0.971 bits per heavy atom. The van der Waals surface area contributed by atoms with Gasteiger partial charge in [-0.05, 0) is 89.2 Å². The minimum Gasteiger partial charge on any atom is -0.459 e. The van der Waals surface area contributed by atoms with E-state index in [-0.39, 0.29) is 46.7 Å². The van der Waals surface area contributed by atoms with Crippen LogP contribution in [-0.2, 0) is 18.9 Å². The molecule has 0 aliphatic heterocycles. The van der Waals surface area contributed by atoms with E-state index in [0.717, 1.165) is 77.0 Å². The molecule has 0 amide bonds. The first-order valence-corrected chi connectivity index (χ1v) is 12.5. The van der Waals surface area contributed by atoms with Crippen LogP contribution < -0.4 is 0 Å². The number of carbonyl (C=O) groups excluding carboxylic acids is 4. The Kier molecular flexibility index (Phi) is 6.57. The molecule has 4 aliphatic rings. The number of rotatable bonds is 8. The van der Waals surface area contributed by atoms with Crippen LogP contribution in [0.25, 0.3) is 0 Å². The maximum atomic E-state index is 13.3. The predicted octanol–water partition coefficient (Wildman–Crippen LogP) is 4.52. The summed E-state index contributed by atoms with van der Waals surface area (Å²) in [5.74, 6) is -3.04. The smallest absolute Gasteiger partial charge is 0.340 e. The average molecular weight is 471 g/mol. The highest BCUT2D eigenvalue weighted by molar-refractivity contribution is 6.15. The van der Waals surface area contributed by atoms with Gasteiger partial charge in [-0.15, -0.1) is 0 Å².